The van der Waals surface area contributed by atoms with E-state index in [1.165, 1.54) is 18.1 Å². The lowest BCUT2D eigenvalue weighted by atomic mass is 10.2. The minimum Gasteiger partial charge on any atom is -0.494 e. The van der Waals surface area contributed by atoms with Crippen LogP contribution in [-0.2, 0) is 4.74 Å². The molecule has 0 bridgehead atoms. The molecule has 1 aromatic carbocycles. The number of anilines is 2. The molecule has 0 amide bonds. The summed E-state index contributed by atoms with van der Waals surface area (Å²) in [7, 11) is 1.56. The van der Waals surface area contributed by atoms with Crippen molar-refractivity contribution in [3.05, 3.63) is 60.2 Å². The van der Waals surface area contributed by atoms with Gasteiger partial charge in [0, 0.05) is 17.8 Å². The first-order valence-electron chi connectivity index (χ1n) is 9.08. The smallest absolute Gasteiger partial charge is 0.357 e. The summed E-state index contributed by atoms with van der Waals surface area (Å²) in [4.78, 5) is 24.8. The molecule has 0 aliphatic carbocycles. The number of nitrogens with zero attached hydrogens (tertiary/aromatic N) is 3. The fraction of sp³-hybridized carbons (Fsp3) is 0.182. The van der Waals surface area contributed by atoms with E-state index < -0.39 is 5.97 Å². The molecule has 0 saturated heterocycles. The van der Waals surface area contributed by atoms with Crippen LogP contribution in [0.2, 0.25) is 0 Å². The van der Waals surface area contributed by atoms with Gasteiger partial charge in [0.25, 0.3) is 0 Å². The minimum absolute atomic E-state index is 0.174. The highest BCUT2D eigenvalue weighted by atomic mass is 32.2. The van der Waals surface area contributed by atoms with E-state index in [1.807, 2.05) is 30.3 Å². The molecule has 0 unspecified atom stereocenters. The van der Waals surface area contributed by atoms with Gasteiger partial charge >= 0.3 is 5.97 Å². The second-order valence-electron chi connectivity index (χ2n) is 6.32. The Kier molecular flexibility index (Phi) is 6.88. The van der Waals surface area contributed by atoms with Crippen molar-refractivity contribution in [2.45, 2.75) is 30.0 Å². The third-order valence-corrected chi connectivity index (χ3v) is 4.61. The Hall–Kier alpha value is -3.57. The SMILES string of the molecule is C#Cc1nc(Sc2cc(C(=O)OC(C)C)ncn2)cc(OC)c1Nc1ccccc1. The number of nitrogens with one attached hydrogen (secondary N) is 1. The zero-order valence-corrected chi connectivity index (χ0v) is 17.6. The number of terminal acetylenes is 1. The maximum absolute atomic E-state index is 12.1. The summed E-state index contributed by atoms with van der Waals surface area (Å²) >= 11 is 1.24. The number of rotatable bonds is 7. The van der Waals surface area contributed by atoms with Crippen molar-refractivity contribution < 1.29 is 14.3 Å². The Balaban J connectivity index is 1.89. The van der Waals surface area contributed by atoms with Crippen molar-refractivity contribution in [3.8, 4) is 18.1 Å². The second kappa shape index (κ2) is 9.76. The van der Waals surface area contributed by atoms with Gasteiger partial charge in [-0.3, -0.25) is 0 Å². The lowest BCUT2D eigenvalue weighted by molar-refractivity contribution is 0.0370. The third kappa shape index (κ3) is 5.27. The van der Waals surface area contributed by atoms with Crippen LogP contribution in [0.3, 0.4) is 0 Å². The maximum atomic E-state index is 12.1. The van der Waals surface area contributed by atoms with Crippen molar-refractivity contribution in [1.29, 1.82) is 0 Å². The van der Waals surface area contributed by atoms with Crippen molar-refractivity contribution in [2.24, 2.45) is 0 Å². The lowest BCUT2D eigenvalue weighted by Crippen LogP contribution is -2.13. The fourth-order valence-electron chi connectivity index (χ4n) is 2.49. The molecule has 0 aliphatic rings. The maximum Gasteiger partial charge on any atom is 0.357 e. The van der Waals surface area contributed by atoms with Crippen molar-refractivity contribution in [3.63, 3.8) is 0 Å². The number of para-hydroxylation sites is 1. The van der Waals surface area contributed by atoms with Gasteiger partial charge in [-0.05, 0) is 43.7 Å². The van der Waals surface area contributed by atoms with Gasteiger partial charge in [0.1, 0.15) is 33.5 Å². The van der Waals surface area contributed by atoms with Crippen molar-refractivity contribution in [1.82, 2.24) is 15.0 Å². The van der Waals surface area contributed by atoms with Crippen LogP contribution >= 0.6 is 11.8 Å². The highest BCUT2D eigenvalue weighted by molar-refractivity contribution is 7.99. The summed E-state index contributed by atoms with van der Waals surface area (Å²) in [5, 5.41) is 4.35. The average Bonchev–Trinajstić information content (AvgIpc) is 2.75. The fourth-order valence-corrected chi connectivity index (χ4v) is 3.28. The van der Waals surface area contributed by atoms with E-state index in [2.05, 4.69) is 26.2 Å². The van der Waals surface area contributed by atoms with Gasteiger partial charge in [0.05, 0.1) is 13.2 Å². The van der Waals surface area contributed by atoms with Gasteiger partial charge in [0.15, 0.2) is 5.69 Å². The number of aromatic nitrogens is 3. The predicted molar refractivity (Wildman–Crippen MR) is 115 cm³/mol. The first kappa shape index (κ1) is 21.1. The lowest BCUT2D eigenvalue weighted by Gasteiger charge is -2.14. The van der Waals surface area contributed by atoms with Crippen LogP contribution < -0.4 is 10.1 Å². The zero-order valence-electron chi connectivity index (χ0n) is 16.7. The van der Waals surface area contributed by atoms with Crippen molar-refractivity contribution in [2.75, 3.05) is 12.4 Å². The zero-order chi connectivity index (χ0) is 21.5. The number of ether oxygens (including phenoxy) is 2. The van der Waals surface area contributed by atoms with Gasteiger partial charge in [-0.15, -0.1) is 6.42 Å². The molecule has 3 rings (SSSR count). The molecule has 0 saturated carbocycles. The Labute approximate surface area is 179 Å². The van der Waals surface area contributed by atoms with Crippen LogP contribution in [0, 0.1) is 12.3 Å². The van der Waals surface area contributed by atoms with Gasteiger partial charge in [-0.2, -0.15) is 0 Å². The normalized spacial score (nSPS) is 10.4. The number of esters is 1. The van der Waals surface area contributed by atoms with Crippen LogP contribution in [0.25, 0.3) is 0 Å². The van der Waals surface area contributed by atoms with E-state index in [9.17, 15) is 4.79 Å². The quantitative estimate of drug-likeness (QED) is 0.344. The van der Waals surface area contributed by atoms with Gasteiger partial charge in [0.2, 0.25) is 0 Å². The predicted octanol–water partition coefficient (Wildman–Crippen LogP) is 4.32. The molecule has 0 radical (unpaired) electrons. The second-order valence-corrected chi connectivity index (χ2v) is 7.36. The van der Waals surface area contributed by atoms with E-state index >= 15 is 0 Å². The van der Waals surface area contributed by atoms with E-state index in [-0.39, 0.29) is 11.8 Å². The topological polar surface area (TPSA) is 86.2 Å². The summed E-state index contributed by atoms with van der Waals surface area (Å²) in [6, 6.07) is 12.9. The first-order chi connectivity index (χ1) is 14.5. The number of carbonyl (C=O) groups excluding carboxylic acids is 1. The Morgan fingerprint density at radius 1 is 1.17 bits per heavy atom. The minimum atomic E-state index is -0.508. The monoisotopic (exact) mass is 420 g/mol. The number of benzene rings is 1. The van der Waals surface area contributed by atoms with Gasteiger partial charge in [-0.25, -0.2) is 19.7 Å². The third-order valence-electron chi connectivity index (χ3n) is 3.76. The molecular weight excluding hydrogens is 400 g/mol. The molecule has 3 aromatic rings. The molecule has 0 aliphatic heterocycles. The standard InChI is InChI=1S/C22H20N4O3S/c1-5-16-21(25-15-9-7-6-8-10-15)18(28-4)12-20(26-16)30-19-11-17(23-13-24-19)22(27)29-14(2)3/h1,6-14,25H,2-4H3. The van der Waals surface area contributed by atoms with Crippen molar-refractivity contribution >= 4 is 29.1 Å². The number of hydrogen-bond donors (Lipinski definition) is 1. The number of carbonyl (C=O) groups is 1. The van der Waals surface area contributed by atoms with Gasteiger partial charge < -0.3 is 14.8 Å². The molecule has 7 nitrogen and oxygen atoms in total. The Bertz CT molecular complexity index is 1080. The molecule has 152 valence electrons. The molecular formula is C22H20N4O3S. The molecule has 0 spiro atoms. The van der Waals surface area contributed by atoms with E-state index in [1.54, 1.807) is 33.1 Å². The average molecular weight is 420 g/mol. The van der Waals surface area contributed by atoms with Crippen LogP contribution in [0.4, 0.5) is 11.4 Å². The molecule has 0 atom stereocenters. The molecule has 8 heteroatoms. The Morgan fingerprint density at radius 3 is 2.60 bits per heavy atom. The van der Waals surface area contributed by atoms with E-state index in [0.717, 1.165) is 5.69 Å². The first-order valence-corrected chi connectivity index (χ1v) is 9.90. The number of hydrogen-bond acceptors (Lipinski definition) is 8. The Morgan fingerprint density at radius 2 is 1.93 bits per heavy atom. The summed E-state index contributed by atoms with van der Waals surface area (Å²) < 4.78 is 10.7. The molecule has 2 heterocycles. The van der Waals surface area contributed by atoms with Gasteiger partial charge in [-0.1, -0.05) is 18.2 Å². The summed E-state index contributed by atoms with van der Waals surface area (Å²) in [5.74, 6) is 2.63. The summed E-state index contributed by atoms with van der Waals surface area (Å²) in [6.07, 6.45) is 6.77. The number of pyridine rings is 1. The molecule has 30 heavy (non-hydrogen) atoms. The highest BCUT2D eigenvalue weighted by Crippen LogP contribution is 2.35. The molecule has 0 fully saturated rings. The summed E-state index contributed by atoms with van der Waals surface area (Å²) in [6.45, 7) is 3.55. The molecule has 2 aromatic heterocycles. The summed E-state index contributed by atoms with van der Waals surface area (Å²) in [5.41, 5.74) is 2.03. The van der Waals surface area contributed by atoms with Crippen LogP contribution in [0.15, 0.2) is 58.8 Å². The van der Waals surface area contributed by atoms with Crippen LogP contribution in [0.1, 0.15) is 30.0 Å². The van der Waals surface area contributed by atoms with E-state index in [0.29, 0.717) is 27.2 Å². The molecule has 1 N–H and O–H groups in total. The largest absolute Gasteiger partial charge is 0.494 e. The van der Waals surface area contributed by atoms with Crippen LogP contribution in [0.5, 0.6) is 5.75 Å². The number of methoxy groups -OCH3 is 1. The van der Waals surface area contributed by atoms with E-state index in [4.69, 9.17) is 15.9 Å². The van der Waals surface area contributed by atoms with Crippen LogP contribution in [-0.4, -0.2) is 34.1 Å². The highest BCUT2D eigenvalue weighted by Gasteiger charge is 2.16.